The molecule has 2 heterocycles. The fourth-order valence-corrected chi connectivity index (χ4v) is 3.93. The molecule has 8 heteroatoms. The summed E-state index contributed by atoms with van der Waals surface area (Å²) < 4.78 is 1.18. The number of piperazine rings is 1. The van der Waals surface area contributed by atoms with Crippen LogP contribution in [-0.4, -0.2) is 72.5 Å². The second-order valence-electron chi connectivity index (χ2n) is 6.27. The molecule has 3 rings (SSSR count). The number of nitrogens with one attached hydrogen (secondary N) is 2. The summed E-state index contributed by atoms with van der Waals surface area (Å²) >= 11 is 1.68. The van der Waals surface area contributed by atoms with E-state index >= 15 is 0 Å². The molecule has 2 N–H and O–H groups in total. The van der Waals surface area contributed by atoms with Crippen LogP contribution in [0, 0.1) is 0 Å². The summed E-state index contributed by atoms with van der Waals surface area (Å²) in [7, 11) is 0. The maximum absolute atomic E-state index is 12.1. The van der Waals surface area contributed by atoms with Crippen molar-refractivity contribution in [1.29, 1.82) is 0 Å². The zero-order valence-corrected chi connectivity index (χ0v) is 15.8. The lowest BCUT2D eigenvalue weighted by Gasteiger charge is -2.34. The summed E-state index contributed by atoms with van der Waals surface area (Å²) in [5, 5.41) is 6.82. The molecule has 26 heavy (non-hydrogen) atoms. The predicted molar refractivity (Wildman–Crippen MR) is 103 cm³/mol. The molecule has 1 fully saturated rings. The Labute approximate surface area is 157 Å². The van der Waals surface area contributed by atoms with Crippen molar-refractivity contribution in [2.24, 2.45) is 0 Å². The van der Waals surface area contributed by atoms with E-state index in [2.05, 4.69) is 26.6 Å². The topological polar surface area (TPSA) is 77.6 Å². The molecule has 0 atom stereocenters. The maximum Gasteiger partial charge on any atom is 0.317 e. The van der Waals surface area contributed by atoms with Crippen LogP contribution >= 0.6 is 11.3 Å². The first kappa shape index (κ1) is 18.6. The van der Waals surface area contributed by atoms with Crippen molar-refractivity contribution in [3.63, 3.8) is 0 Å². The number of amides is 3. The minimum Gasteiger partial charge on any atom is -0.355 e. The number of nitrogens with zero attached hydrogens (tertiary/aromatic N) is 3. The van der Waals surface area contributed by atoms with Crippen molar-refractivity contribution in [2.45, 2.75) is 13.3 Å². The molecule has 0 radical (unpaired) electrons. The van der Waals surface area contributed by atoms with Gasteiger partial charge in [0.1, 0.15) is 0 Å². The SMILES string of the molecule is CCNC(=O)N1CCN(CC(=O)NCCc2nc3ccccc3s2)CC1. The van der Waals surface area contributed by atoms with Gasteiger partial charge in [0.25, 0.3) is 0 Å². The van der Waals surface area contributed by atoms with E-state index in [1.165, 1.54) is 4.70 Å². The van der Waals surface area contributed by atoms with Gasteiger partial charge in [-0.05, 0) is 19.1 Å². The van der Waals surface area contributed by atoms with Crippen LogP contribution in [0.4, 0.5) is 4.79 Å². The van der Waals surface area contributed by atoms with Crippen LogP contribution in [0.25, 0.3) is 10.2 Å². The van der Waals surface area contributed by atoms with Crippen molar-refractivity contribution in [1.82, 2.24) is 25.4 Å². The molecule has 140 valence electrons. The van der Waals surface area contributed by atoms with Gasteiger partial charge in [0, 0.05) is 45.7 Å². The average Bonchev–Trinajstić information content (AvgIpc) is 3.05. The molecule has 1 saturated heterocycles. The standard InChI is InChI=1S/C18H25N5O2S/c1-2-19-18(25)23-11-9-22(10-12-23)13-16(24)20-8-7-17-21-14-5-3-4-6-15(14)26-17/h3-6H,2,7-13H2,1H3,(H,19,25)(H,20,24). The number of carbonyl (C=O) groups is 2. The molecular weight excluding hydrogens is 350 g/mol. The van der Waals surface area contributed by atoms with E-state index in [4.69, 9.17) is 0 Å². The van der Waals surface area contributed by atoms with Gasteiger partial charge < -0.3 is 15.5 Å². The minimum absolute atomic E-state index is 0.0209. The largest absolute Gasteiger partial charge is 0.355 e. The fraction of sp³-hybridized carbons (Fsp3) is 0.500. The lowest BCUT2D eigenvalue weighted by molar-refractivity contribution is -0.122. The molecule has 1 aliphatic rings. The number of hydrogen-bond donors (Lipinski definition) is 2. The normalized spacial score (nSPS) is 15.2. The van der Waals surface area contributed by atoms with Gasteiger partial charge in [0.05, 0.1) is 21.8 Å². The Hall–Kier alpha value is -2.19. The number of para-hydroxylation sites is 1. The summed E-state index contributed by atoms with van der Waals surface area (Å²) in [4.78, 5) is 32.4. The number of benzene rings is 1. The van der Waals surface area contributed by atoms with Gasteiger partial charge in [-0.25, -0.2) is 9.78 Å². The van der Waals surface area contributed by atoms with Crippen LogP contribution in [0.2, 0.25) is 0 Å². The second kappa shape index (κ2) is 8.95. The summed E-state index contributed by atoms with van der Waals surface area (Å²) in [5.74, 6) is 0.0255. The van der Waals surface area contributed by atoms with Crippen LogP contribution in [0.5, 0.6) is 0 Å². The van der Waals surface area contributed by atoms with Gasteiger partial charge in [-0.3, -0.25) is 9.69 Å². The third-order valence-corrected chi connectivity index (χ3v) is 5.45. The molecule has 1 aromatic carbocycles. The van der Waals surface area contributed by atoms with E-state index in [0.717, 1.165) is 30.0 Å². The Morgan fingerprint density at radius 3 is 2.65 bits per heavy atom. The summed E-state index contributed by atoms with van der Waals surface area (Å²) in [5.41, 5.74) is 1.02. The molecule has 0 spiro atoms. The maximum atomic E-state index is 12.1. The quantitative estimate of drug-likeness (QED) is 0.798. The molecule has 1 aliphatic heterocycles. The van der Waals surface area contributed by atoms with E-state index in [1.807, 2.05) is 25.1 Å². The molecule has 2 aromatic rings. The van der Waals surface area contributed by atoms with Crippen LogP contribution < -0.4 is 10.6 Å². The van der Waals surface area contributed by atoms with Crippen LogP contribution in [0.15, 0.2) is 24.3 Å². The van der Waals surface area contributed by atoms with Crippen molar-refractivity contribution >= 4 is 33.5 Å². The Balaban J connectivity index is 1.36. The smallest absolute Gasteiger partial charge is 0.317 e. The lowest BCUT2D eigenvalue weighted by Crippen LogP contribution is -2.53. The number of urea groups is 1. The minimum atomic E-state index is -0.0209. The highest BCUT2D eigenvalue weighted by Crippen LogP contribution is 2.21. The molecule has 7 nitrogen and oxygen atoms in total. The molecular formula is C18H25N5O2S. The fourth-order valence-electron chi connectivity index (χ4n) is 2.97. The number of fused-ring (bicyclic) bond motifs is 1. The first-order chi connectivity index (χ1) is 12.7. The molecule has 3 amide bonds. The van der Waals surface area contributed by atoms with E-state index in [0.29, 0.717) is 32.7 Å². The molecule has 0 aliphatic carbocycles. The Kier molecular flexibility index (Phi) is 6.40. The van der Waals surface area contributed by atoms with E-state index in [1.54, 1.807) is 16.2 Å². The van der Waals surface area contributed by atoms with Crippen LogP contribution in [0.3, 0.4) is 0 Å². The highest BCUT2D eigenvalue weighted by Gasteiger charge is 2.21. The number of aromatic nitrogens is 1. The first-order valence-electron chi connectivity index (χ1n) is 9.02. The summed E-state index contributed by atoms with van der Waals surface area (Å²) in [6.07, 6.45) is 0.746. The Bertz CT molecular complexity index is 722. The highest BCUT2D eigenvalue weighted by atomic mass is 32.1. The number of hydrogen-bond acceptors (Lipinski definition) is 5. The zero-order valence-electron chi connectivity index (χ0n) is 15.0. The Morgan fingerprint density at radius 1 is 1.15 bits per heavy atom. The first-order valence-corrected chi connectivity index (χ1v) is 9.83. The lowest BCUT2D eigenvalue weighted by atomic mass is 10.3. The second-order valence-corrected chi connectivity index (χ2v) is 7.39. The average molecular weight is 375 g/mol. The number of rotatable bonds is 6. The van der Waals surface area contributed by atoms with Crippen molar-refractivity contribution < 1.29 is 9.59 Å². The summed E-state index contributed by atoms with van der Waals surface area (Å²) in [6, 6.07) is 8.05. The monoisotopic (exact) mass is 375 g/mol. The highest BCUT2D eigenvalue weighted by molar-refractivity contribution is 7.18. The van der Waals surface area contributed by atoms with Crippen molar-refractivity contribution in [2.75, 3.05) is 45.8 Å². The van der Waals surface area contributed by atoms with Gasteiger partial charge in [0.2, 0.25) is 5.91 Å². The third kappa shape index (κ3) is 4.92. The van der Waals surface area contributed by atoms with Gasteiger partial charge in [0.15, 0.2) is 0 Å². The van der Waals surface area contributed by atoms with Gasteiger partial charge in [-0.2, -0.15) is 0 Å². The summed E-state index contributed by atoms with van der Waals surface area (Å²) in [6.45, 7) is 6.28. The molecule has 1 aromatic heterocycles. The van der Waals surface area contributed by atoms with E-state index in [9.17, 15) is 9.59 Å². The van der Waals surface area contributed by atoms with Gasteiger partial charge >= 0.3 is 6.03 Å². The van der Waals surface area contributed by atoms with E-state index < -0.39 is 0 Å². The zero-order chi connectivity index (χ0) is 18.4. The van der Waals surface area contributed by atoms with Crippen LogP contribution in [0.1, 0.15) is 11.9 Å². The van der Waals surface area contributed by atoms with Crippen LogP contribution in [-0.2, 0) is 11.2 Å². The van der Waals surface area contributed by atoms with Crippen molar-refractivity contribution in [3.05, 3.63) is 29.3 Å². The van der Waals surface area contributed by atoms with Crippen molar-refractivity contribution in [3.8, 4) is 0 Å². The van der Waals surface area contributed by atoms with Gasteiger partial charge in [-0.1, -0.05) is 12.1 Å². The molecule has 0 unspecified atom stereocenters. The number of thiazole rings is 1. The number of carbonyl (C=O) groups excluding carboxylic acids is 2. The van der Waals surface area contributed by atoms with Gasteiger partial charge in [-0.15, -0.1) is 11.3 Å². The Morgan fingerprint density at radius 2 is 1.92 bits per heavy atom. The van der Waals surface area contributed by atoms with E-state index in [-0.39, 0.29) is 11.9 Å². The predicted octanol–water partition coefficient (Wildman–Crippen LogP) is 1.30. The molecule has 0 saturated carbocycles. The molecule has 0 bridgehead atoms. The third-order valence-electron chi connectivity index (χ3n) is 4.35.